The number of rotatable bonds is 9. The lowest BCUT2D eigenvalue weighted by Gasteiger charge is -2.28. The molecule has 1 atom stereocenters. The van der Waals surface area contributed by atoms with E-state index in [0.29, 0.717) is 6.54 Å². The molecule has 0 spiro atoms. The number of methoxy groups -OCH3 is 1. The van der Waals surface area contributed by atoms with Crippen molar-refractivity contribution < 1.29 is 17.9 Å². The van der Waals surface area contributed by atoms with Crippen LogP contribution in [0, 0.1) is 0 Å². The molecule has 1 aliphatic heterocycles. The lowest BCUT2D eigenvalue weighted by atomic mass is 10.1. The number of sulfone groups is 1. The topological polar surface area (TPSA) is 75.7 Å². The first kappa shape index (κ1) is 22.6. The van der Waals surface area contributed by atoms with E-state index in [4.69, 9.17) is 16.3 Å². The molecule has 1 aliphatic rings. The van der Waals surface area contributed by atoms with Crippen LogP contribution < -0.4 is 10.1 Å². The van der Waals surface area contributed by atoms with Gasteiger partial charge in [-0.3, -0.25) is 9.69 Å². The van der Waals surface area contributed by atoms with E-state index in [1.54, 1.807) is 19.2 Å². The molecular formula is C22H27ClN2O4S. The van der Waals surface area contributed by atoms with Crippen molar-refractivity contribution in [2.75, 3.05) is 32.5 Å². The first-order valence-electron chi connectivity index (χ1n) is 10.0. The van der Waals surface area contributed by atoms with E-state index < -0.39 is 9.84 Å². The van der Waals surface area contributed by atoms with E-state index in [9.17, 15) is 13.2 Å². The molecule has 1 amide bonds. The van der Waals surface area contributed by atoms with Gasteiger partial charge in [-0.25, -0.2) is 8.42 Å². The number of halogens is 1. The molecule has 1 heterocycles. The van der Waals surface area contributed by atoms with Crippen LogP contribution in [0.15, 0.2) is 53.4 Å². The first-order chi connectivity index (χ1) is 14.4. The molecule has 0 radical (unpaired) electrons. The van der Waals surface area contributed by atoms with Crippen LogP contribution in [-0.2, 0) is 14.6 Å². The summed E-state index contributed by atoms with van der Waals surface area (Å²) in [7, 11) is -1.99. The van der Waals surface area contributed by atoms with Crippen LogP contribution in [0.1, 0.15) is 30.9 Å². The third-order valence-electron chi connectivity index (χ3n) is 5.34. The monoisotopic (exact) mass is 450 g/mol. The Morgan fingerprint density at radius 1 is 1.13 bits per heavy atom. The van der Waals surface area contributed by atoms with Crippen molar-refractivity contribution in [3.63, 3.8) is 0 Å². The molecule has 1 N–H and O–H groups in total. The largest absolute Gasteiger partial charge is 0.497 e. The highest BCUT2D eigenvalue weighted by Gasteiger charge is 2.25. The normalized spacial score (nSPS) is 15.7. The summed E-state index contributed by atoms with van der Waals surface area (Å²) < 4.78 is 30.2. The van der Waals surface area contributed by atoms with Crippen molar-refractivity contribution in [3.05, 3.63) is 59.1 Å². The summed E-state index contributed by atoms with van der Waals surface area (Å²) in [5.74, 6) is 0.218. The molecule has 8 heteroatoms. The fraction of sp³-hybridized carbons (Fsp3) is 0.409. The molecule has 2 aromatic carbocycles. The quantitative estimate of drug-likeness (QED) is 0.633. The van der Waals surface area contributed by atoms with Gasteiger partial charge in [0.1, 0.15) is 5.75 Å². The molecule has 0 bridgehead atoms. The van der Waals surface area contributed by atoms with Crippen LogP contribution in [0.3, 0.4) is 0 Å². The van der Waals surface area contributed by atoms with E-state index in [-0.39, 0.29) is 34.0 Å². The minimum Gasteiger partial charge on any atom is -0.497 e. The zero-order chi connectivity index (χ0) is 21.6. The zero-order valence-corrected chi connectivity index (χ0v) is 18.6. The minimum atomic E-state index is -3.62. The Morgan fingerprint density at radius 3 is 2.43 bits per heavy atom. The van der Waals surface area contributed by atoms with E-state index in [2.05, 4.69) is 10.2 Å². The standard InChI is InChI=1S/C22H27ClN2O4S/c1-29-18-10-8-17(9-11-18)20(25-13-4-5-14-25)16-24-22(26)12-15-30(27,28)21-7-3-2-6-19(21)23/h2-3,6-11,20H,4-5,12-16H2,1H3,(H,24,26)/t20-/m0/s1. The van der Waals surface area contributed by atoms with Crippen molar-refractivity contribution in [2.24, 2.45) is 0 Å². The van der Waals surface area contributed by atoms with Crippen molar-refractivity contribution in [3.8, 4) is 5.75 Å². The molecule has 0 aromatic heterocycles. The molecule has 0 aliphatic carbocycles. The van der Waals surface area contributed by atoms with Crippen molar-refractivity contribution in [1.82, 2.24) is 10.2 Å². The van der Waals surface area contributed by atoms with Gasteiger partial charge in [-0.15, -0.1) is 0 Å². The van der Waals surface area contributed by atoms with Gasteiger partial charge < -0.3 is 10.1 Å². The Morgan fingerprint density at radius 2 is 1.80 bits per heavy atom. The molecule has 1 saturated heterocycles. The number of nitrogens with one attached hydrogen (secondary N) is 1. The van der Waals surface area contributed by atoms with Gasteiger partial charge >= 0.3 is 0 Å². The number of amides is 1. The Bertz CT molecular complexity index is 957. The fourth-order valence-corrected chi connectivity index (χ4v) is 5.48. The predicted octanol–water partition coefficient (Wildman–Crippen LogP) is 3.47. The maximum Gasteiger partial charge on any atom is 0.221 e. The van der Waals surface area contributed by atoms with Crippen LogP contribution in [-0.4, -0.2) is 51.7 Å². The van der Waals surface area contributed by atoms with Crippen molar-refractivity contribution in [1.29, 1.82) is 0 Å². The van der Waals surface area contributed by atoms with Gasteiger partial charge in [0.15, 0.2) is 9.84 Å². The second-order valence-corrected chi connectivity index (χ2v) is 9.82. The van der Waals surface area contributed by atoms with Gasteiger partial charge in [-0.05, 0) is 55.8 Å². The van der Waals surface area contributed by atoms with Crippen LogP contribution in [0.5, 0.6) is 5.75 Å². The number of carbonyl (C=O) groups is 1. The molecule has 0 unspecified atom stereocenters. The molecule has 30 heavy (non-hydrogen) atoms. The maximum absolute atomic E-state index is 12.5. The van der Waals surface area contributed by atoms with Crippen LogP contribution in [0.4, 0.5) is 0 Å². The van der Waals surface area contributed by atoms with E-state index in [1.807, 2.05) is 24.3 Å². The van der Waals surface area contributed by atoms with E-state index in [0.717, 1.165) is 37.2 Å². The van der Waals surface area contributed by atoms with Gasteiger partial charge in [0.05, 0.1) is 28.8 Å². The smallest absolute Gasteiger partial charge is 0.221 e. The lowest BCUT2D eigenvalue weighted by molar-refractivity contribution is -0.120. The number of nitrogens with zero attached hydrogens (tertiary/aromatic N) is 1. The highest BCUT2D eigenvalue weighted by atomic mass is 35.5. The number of likely N-dealkylation sites (tertiary alicyclic amines) is 1. The summed E-state index contributed by atoms with van der Waals surface area (Å²) >= 11 is 5.99. The average Bonchev–Trinajstić information content (AvgIpc) is 3.28. The number of ether oxygens (including phenoxy) is 1. The third-order valence-corrected chi connectivity index (χ3v) is 7.55. The van der Waals surface area contributed by atoms with E-state index in [1.165, 1.54) is 12.1 Å². The third kappa shape index (κ3) is 5.74. The van der Waals surface area contributed by atoms with E-state index >= 15 is 0 Å². The Balaban J connectivity index is 1.60. The van der Waals surface area contributed by atoms with Crippen molar-refractivity contribution >= 4 is 27.3 Å². The predicted molar refractivity (Wildman–Crippen MR) is 118 cm³/mol. The summed E-state index contributed by atoms with van der Waals surface area (Å²) in [6, 6.07) is 14.2. The van der Waals surface area contributed by atoms with Crippen LogP contribution >= 0.6 is 11.6 Å². The van der Waals surface area contributed by atoms with Gasteiger partial charge in [0.25, 0.3) is 0 Å². The molecule has 3 rings (SSSR count). The number of benzene rings is 2. The Kier molecular flexibility index (Phi) is 7.75. The lowest BCUT2D eigenvalue weighted by Crippen LogP contribution is -2.37. The maximum atomic E-state index is 12.5. The zero-order valence-electron chi connectivity index (χ0n) is 17.0. The molecular weight excluding hydrogens is 424 g/mol. The van der Waals surface area contributed by atoms with Gasteiger partial charge in [0, 0.05) is 13.0 Å². The van der Waals surface area contributed by atoms with Gasteiger partial charge in [-0.2, -0.15) is 0 Å². The number of hydrogen-bond acceptors (Lipinski definition) is 5. The summed E-state index contributed by atoms with van der Waals surface area (Å²) in [6.07, 6.45) is 2.16. The van der Waals surface area contributed by atoms with Crippen LogP contribution in [0.2, 0.25) is 5.02 Å². The van der Waals surface area contributed by atoms with Gasteiger partial charge in [0.2, 0.25) is 5.91 Å². The first-order valence-corrected chi connectivity index (χ1v) is 12.1. The molecule has 6 nitrogen and oxygen atoms in total. The Labute approximate surface area is 183 Å². The summed E-state index contributed by atoms with van der Waals surface area (Å²) in [5, 5.41) is 3.09. The number of carbonyl (C=O) groups excluding carboxylic acids is 1. The van der Waals surface area contributed by atoms with Gasteiger partial charge in [-0.1, -0.05) is 35.9 Å². The minimum absolute atomic E-state index is 0.0440. The molecule has 162 valence electrons. The molecule has 2 aromatic rings. The second kappa shape index (κ2) is 10.3. The summed E-state index contributed by atoms with van der Waals surface area (Å²) in [6.45, 7) is 2.39. The SMILES string of the molecule is COc1ccc([C@H](CNC(=O)CCS(=O)(=O)c2ccccc2Cl)N2CCCC2)cc1. The number of hydrogen-bond donors (Lipinski definition) is 1. The van der Waals surface area contributed by atoms with Crippen LogP contribution in [0.25, 0.3) is 0 Å². The highest BCUT2D eigenvalue weighted by Crippen LogP contribution is 2.26. The molecule has 0 saturated carbocycles. The summed E-state index contributed by atoms with van der Waals surface area (Å²) in [4.78, 5) is 14.8. The fourth-order valence-electron chi connectivity index (χ4n) is 3.67. The van der Waals surface area contributed by atoms with Crippen molar-refractivity contribution in [2.45, 2.75) is 30.2 Å². The molecule has 1 fully saturated rings. The Hall–Kier alpha value is -2.09. The highest BCUT2D eigenvalue weighted by molar-refractivity contribution is 7.91. The average molecular weight is 451 g/mol. The summed E-state index contributed by atoms with van der Waals surface area (Å²) in [5.41, 5.74) is 1.10. The second-order valence-electron chi connectivity index (χ2n) is 7.34.